The topological polar surface area (TPSA) is 55.0 Å². The normalized spacial score (nSPS) is 10.1. The van der Waals surface area contributed by atoms with Crippen molar-refractivity contribution in [2.75, 3.05) is 17.7 Å². The number of aryl methyl sites for hydroxylation is 1. The van der Waals surface area contributed by atoms with E-state index in [0.717, 1.165) is 17.2 Å². The summed E-state index contributed by atoms with van der Waals surface area (Å²) in [6.45, 7) is 1.90. The molecule has 16 heavy (non-hydrogen) atoms. The van der Waals surface area contributed by atoms with E-state index in [1.807, 2.05) is 43.1 Å². The van der Waals surface area contributed by atoms with Crippen molar-refractivity contribution < 1.29 is 0 Å². The number of anilines is 3. The van der Waals surface area contributed by atoms with Crippen LogP contribution in [0.25, 0.3) is 0 Å². The highest BCUT2D eigenvalue weighted by Crippen LogP contribution is 2.22. The van der Waals surface area contributed by atoms with Crippen molar-refractivity contribution in [2.45, 2.75) is 6.92 Å². The molecule has 0 aliphatic rings. The van der Waals surface area contributed by atoms with Gasteiger partial charge < -0.3 is 10.6 Å². The molecule has 2 rings (SSSR count). The van der Waals surface area contributed by atoms with Crippen LogP contribution in [-0.4, -0.2) is 17.0 Å². The summed E-state index contributed by atoms with van der Waals surface area (Å²) in [7, 11) is 1.95. The van der Waals surface area contributed by atoms with Crippen molar-refractivity contribution >= 4 is 17.2 Å². The number of hydrogen-bond donors (Lipinski definition) is 1. The highest BCUT2D eigenvalue weighted by Gasteiger charge is 2.06. The second kappa shape index (κ2) is 4.18. The van der Waals surface area contributed by atoms with Crippen molar-refractivity contribution in [3.8, 4) is 0 Å². The van der Waals surface area contributed by atoms with Crippen LogP contribution in [0.4, 0.5) is 17.2 Å². The van der Waals surface area contributed by atoms with E-state index >= 15 is 0 Å². The summed E-state index contributed by atoms with van der Waals surface area (Å²) in [6.07, 6.45) is 3.55. The molecule has 2 heterocycles. The van der Waals surface area contributed by atoms with Gasteiger partial charge in [-0.3, -0.25) is 4.98 Å². The highest BCUT2D eigenvalue weighted by molar-refractivity contribution is 5.60. The predicted molar refractivity (Wildman–Crippen MR) is 65.7 cm³/mol. The largest absolute Gasteiger partial charge is 0.397 e. The van der Waals surface area contributed by atoms with Crippen LogP contribution in [0.15, 0.2) is 36.7 Å². The minimum atomic E-state index is 0.711. The van der Waals surface area contributed by atoms with Crippen LogP contribution in [0, 0.1) is 6.92 Å². The zero-order valence-corrected chi connectivity index (χ0v) is 9.38. The molecule has 0 aliphatic carbocycles. The fraction of sp³-hybridized carbons (Fsp3) is 0.167. The number of rotatable bonds is 2. The molecule has 0 bridgehead atoms. The van der Waals surface area contributed by atoms with Crippen molar-refractivity contribution in [1.82, 2.24) is 9.97 Å². The van der Waals surface area contributed by atoms with E-state index in [1.54, 1.807) is 12.4 Å². The van der Waals surface area contributed by atoms with E-state index in [2.05, 4.69) is 9.97 Å². The lowest BCUT2D eigenvalue weighted by Crippen LogP contribution is -2.12. The van der Waals surface area contributed by atoms with Gasteiger partial charge in [0.05, 0.1) is 23.3 Å². The maximum absolute atomic E-state index is 5.73. The molecule has 0 amide bonds. The van der Waals surface area contributed by atoms with Crippen LogP contribution < -0.4 is 10.6 Å². The number of nitrogens with zero attached hydrogens (tertiary/aromatic N) is 3. The van der Waals surface area contributed by atoms with Gasteiger partial charge in [0.25, 0.3) is 0 Å². The first-order valence-electron chi connectivity index (χ1n) is 5.05. The monoisotopic (exact) mass is 214 g/mol. The van der Waals surface area contributed by atoms with Gasteiger partial charge in [-0.2, -0.15) is 0 Å². The first-order chi connectivity index (χ1) is 7.68. The van der Waals surface area contributed by atoms with Crippen molar-refractivity contribution in [1.29, 1.82) is 0 Å². The minimum Gasteiger partial charge on any atom is -0.397 e. The Balaban J connectivity index is 2.34. The SMILES string of the molecule is Cc1nc(N(C)c2cccnc2)ccc1N. The number of aromatic nitrogens is 2. The molecule has 0 fully saturated rings. The third kappa shape index (κ3) is 1.95. The minimum absolute atomic E-state index is 0.711. The predicted octanol–water partition coefficient (Wildman–Crippen LogP) is 2.14. The van der Waals surface area contributed by atoms with Gasteiger partial charge in [-0.05, 0) is 31.2 Å². The summed E-state index contributed by atoms with van der Waals surface area (Å²) >= 11 is 0. The Morgan fingerprint density at radius 3 is 2.69 bits per heavy atom. The molecule has 0 radical (unpaired) electrons. The van der Waals surface area contributed by atoms with Crippen molar-refractivity contribution in [3.63, 3.8) is 0 Å². The number of nitrogen functional groups attached to an aromatic ring is 1. The van der Waals surface area contributed by atoms with Gasteiger partial charge in [-0.25, -0.2) is 4.98 Å². The second-order valence-electron chi connectivity index (χ2n) is 3.61. The molecule has 0 aromatic carbocycles. The lowest BCUT2D eigenvalue weighted by molar-refractivity contribution is 1.08. The number of hydrogen-bond acceptors (Lipinski definition) is 4. The molecule has 0 unspecified atom stereocenters. The molecule has 0 saturated heterocycles. The van der Waals surface area contributed by atoms with E-state index in [9.17, 15) is 0 Å². The molecule has 2 aromatic heterocycles. The molecular formula is C12H14N4. The van der Waals surface area contributed by atoms with E-state index in [4.69, 9.17) is 5.73 Å². The summed E-state index contributed by atoms with van der Waals surface area (Å²) in [6, 6.07) is 7.65. The summed E-state index contributed by atoms with van der Waals surface area (Å²) in [5.41, 5.74) is 8.29. The van der Waals surface area contributed by atoms with E-state index in [1.165, 1.54) is 0 Å². The van der Waals surface area contributed by atoms with E-state index in [-0.39, 0.29) is 0 Å². The quantitative estimate of drug-likeness (QED) is 0.832. The molecule has 0 saturated carbocycles. The molecule has 4 nitrogen and oxygen atoms in total. The van der Waals surface area contributed by atoms with Crippen LogP contribution in [0.5, 0.6) is 0 Å². The molecule has 2 aromatic rings. The van der Waals surface area contributed by atoms with Crippen molar-refractivity contribution in [2.24, 2.45) is 0 Å². The number of nitrogens with two attached hydrogens (primary N) is 1. The molecule has 4 heteroatoms. The van der Waals surface area contributed by atoms with Crippen LogP contribution in [0.1, 0.15) is 5.69 Å². The summed E-state index contributed by atoms with van der Waals surface area (Å²) < 4.78 is 0. The van der Waals surface area contributed by atoms with E-state index < -0.39 is 0 Å². The maximum atomic E-state index is 5.73. The Kier molecular flexibility index (Phi) is 2.72. The standard InChI is InChI=1S/C12H14N4/c1-9-11(13)5-6-12(15-9)16(2)10-4-3-7-14-8-10/h3-8H,13H2,1-2H3. The average Bonchev–Trinajstić information content (AvgIpc) is 2.33. The summed E-state index contributed by atoms with van der Waals surface area (Å²) in [5, 5.41) is 0. The van der Waals surface area contributed by atoms with Crippen LogP contribution >= 0.6 is 0 Å². The van der Waals surface area contributed by atoms with Gasteiger partial charge in [0.1, 0.15) is 5.82 Å². The molecule has 0 spiro atoms. The Bertz CT molecular complexity index is 482. The first-order valence-corrected chi connectivity index (χ1v) is 5.05. The fourth-order valence-corrected chi connectivity index (χ4v) is 1.43. The third-order valence-corrected chi connectivity index (χ3v) is 2.49. The summed E-state index contributed by atoms with van der Waals surface area (Å²) in [5.74, 6) is 0.861. The first kappa shape index (κ1) is 10.4. The molecular weight excluding hydrogens is 200 g/mol. The molecule has 0 aliphatic heterocycles. The average molecular weight is 214 g/mol. The van der Waals surface area contributed by atoms with Crippen LogP contribution in [0.3, 0.4) is 0 Å². The Hall–Kier alpha value is -2.10. The van der Waals surface area contributed by atoms with Crippen LogP contribution in [-0.2, 0) is 0 Å². The summed E-state index contributed by atoms with van der Waals surface area (Å²) in [4.78, 5) is 10.5. The lowest BCUT2D eigenvalue weighted by Gasteiger charge is -2.18. The maximum Gasteiger partial charge on any atom is 0.133 e. The zero-order chi connectivity index (χ0) is 11.5. The zero-order valence-electron chi connectivity index (χ0n) is 9.38. The third-order valence-electron chi connectivity index (χ3n) is 2.49. The highest BCUT2D eigenvalue weighted by atomic mass is 15.2. The van der Waals surface area contributed by atoms with Crippen molar-refractivity contribution in [3.05, 3.63) is 42.4 Å². The molecule has 2 N–H and O–H groups in total. The van der Waals surface area contributed by atoms with Crippen LogP contribution in [0.2, 0.25) is 0 Å². The lowest BCUT2D eigenvalue weighted by atomic mass is 10.3. The Labute approximate surface area is 94.8 Å². The van der Waals surface area contributed by atoms with Gasteiger partial charge in [-0.1, -0.05) is 0 Å². The van der Waals surface area contributed by atoms with Gasteiger partial charge in [0, 0.05) is 13.2 Å². The smallest absolute Gasteiger partial charge is 0.133 e. The van der Waals surface area contributed by atoms with Gasteiger partial charge in [0.2, 0.25) is 0 Å². The molecule has 82 valence electrons. The second-order valence-corrected chi connectivity index (χ2v) is 3.61. The van der Waals surface area contributed by atoms with Gasteiger partial charge in [-0.15, -0.1) is 0 Å². The van der Waals surface area contributed by atoms with Gasteiger partial charge >= 0.3 is 0 Å². The van der Waals surface area contributed by atoms with Gasteiger partial charge in [0.15, 0.2) is 0 Å². The Morgan fingerprint density at radius 2 is 2.06 bits per heavy atom. The molecule has 0 atom stereocenters. The number of pyridine rings is 2. The Morgan fingerprint density at radius 1 is 1.25 bits per heavy atom. The fourth-order valence-electron chi connectivity index (χ4n) is 1.43. The van der Waals surface area contributed by atoms with E-state index in [0.29, 0.717) is 5.69 Å².